The highest BCUT2D eigenvalue weighted by molar-refractivity contribution is 6.04. The lowest BCUT2D eigenvalue weighted by Gasteiger charge is -2.04. The molecule has 0 fully saturated rings. The van der Waals surface area contributed by atoms with Gasteiger partial charge in [-0.15, -0.1) is 0 Å². The van der Waals surface area contributed by atoms with Gasteiger partial charge in [-0.25, -0.2) is 0 Å². The molecule has 1 amide bonds. The van der Waals surface area contributed by atoms with Crippen molar-refractivity contribution in [3.05, 3.63) is 53.5 Å². The number of aliphatic hydroxyl groups excluding tert-OH is 1. The standard InChI is InChI=1S/C15H13NO3/c1-11-14(8-10-19-11)15(18)16-13-6-4-12(5-7-13)3-2-9-17/h4-8,10,17H,9H2,1H3,(H,16,18). The molecule has 4 nitrogen and oxygen atoms in total. The molecule has 96 valence electrons. The van der Waals surface area contributed by atoms with Crippen LogP contribution in [0.25, 0.3) is 0 Å². The summed E-state index contributed by atoms with van der Waals surface area (Å²) >= 11 is 0. The predicted octanol–water partition coefficient (Wildman–Crippen LogP) is 2.18. The van der Waals surface area contributed by atoms with Gasteiger partial charge >= 0.3 is 0 Å². The van der Waals surface area contributed by atoms with Gasteiger partial charge in [0.1, 0.15) is 12.4 Å². The van der Waals surface area contributed by atoms with Gasteiger partial charge in [-0.05, 0) is 37.3 Å². The fraction of sp³-hybridized carbons (Fsp3) is 0.133. The average Bonchev–Trinajstić information content (AvgIpc) is 2.84. The molecule has 2 rings (SSSR count). The molecule has 0 aliphatic heterocycles. The third kappa shape index (κ3) is 3.24. The van der Waals surface area contributed by atoms with E-state index in [9.17, 15) is 4.79 Å². The van der Waals surface area contributed by atoms with Gasteiger partial charge in [0.15, 0.2) is 0 Å². The predicted molar refractivity (Wildman–Crippen MR) is 71.8 cm³/mol. The molecule has 0 saturated heterocycles. The number of hydrogen-bond acceptors (Lipinski definition) is 3. The first-order valence-corrected chi connectivity index (χ1v) is 5.76. The molecule has 2 aromatic rings. The van der Waals surface area contributed by atoms with Crippen molar-refractivity contribution in [2.24, 2.45) is 0 Å². The van der Waals surface area contributed by atoms with Gasteiger partial charge in [0.2, 0.25) is 0 Å². The van der Waals surface area contributed by atoms with Gasteiger partial charge in [0.05, 0.1) is 11.8 Å². The highest BCUT2D eigenvalue weighted by Gasteiger charge is 2.11. The zero-order chi connectivity index (χ0) is 13.7. The van der Waals surface area contributed by atoms with Crippen LogP contribution in [0.1, 0.15) is 21.7 Å². The van der Waals surface area contributed by atoms with Gasteiger partial charge in [-0.2, -0.15) is 0 Å². The maximum atomic E-state index is 11.9. The normalized spacial score (nSPS) is 9.58. The van der Waals surface area contributed by atoms with Gasteiger partial charge in [-0.1, -0.05) is 11.8 Å². The van der Waals surface area contributed by atoms with Gasteiger partial charge < -0.3 is 14.8 Å². The maximum Gasteiger partial charge on any atom is 0.259 e. The summed E-state index contributed by atoms with van der Waals surface area (Å²) < 4.78 is 5.08. The van der Waals surface area contributed by atoms with Crippen molar-refractivity contribution < 1.29 is 14.3 Å². The van der Waals surface area contributed by atoms with Crippen LogP contribution in [-0.4, -0.2) is 17.6 Å². The lowest BCUT2D eigenvalue weighted by Crippen LogP contribution is -2.11. The second-order valence-corrected chi connectivity index (χ2v) is 3.88. The van der Waals surface area contributed by atoms with Crippen LogP contribution in [0.15, 0.2) is 41.0 Å². The van der Waals surface area contributed by atoms with Crippen LogP contribution in [0.2, 0.25) is 0 Å². The SMILES string of the molecule is Cc1occc1C(=O)Nc1ccc(C#CCO)cc1. The van der Waals surface area contributed by atoms with Crippen LogP contribution in [0.4, 0.5) is 5.69 Å². The minimum atomic E-state index is -0.208. The first-order chi connectivity index (χ1) is 9.20. The van der Waals surface area contributed by atoms with Crippen molar-refractivity contribution in [3.63, 3.8) is 0 Å². The smallest absolute Gasteiger partial charge is 0.259 e. The average molecular weight is 255 g/mol. The van der Waals surface area contributed by atoms with Crippen LogP contribution < -0.4 is 5.32 Å². The van der Waals surface area contributed by atoms with Gasteiger partial charge in [0.25, 0.3) is 5.91 Å². The molecule has 19 heavy (non-hydrogen) atoms. The second-order valence-electron chi connectivity index (χ2n) is 3.88. The number of carbonyl (C=O) groups is 1. The zero-order valence-electron chi connectivity index (χ0n) is 10.4. The van der Waals surface area contributed by atoms with E-state index in [1.54, 1.807) is 37.3 Å². The minimum absolute atomic E-state index is 0.168. The van der Waals surface area contributed by atoms with E-state index in [1.165, 1.54) is 6.26 Å². The molecule has 0 atom stereocenters. The summed E-state index contributed by atoms with van der Waals surface area (Å²) in [6, 6.07) is 8.70. The Bertz CT molecular complexity index is 629. The highest BCUT2D eigenvalue weighted by atomic mass is 16.3. The number of carbonyl (C=O) groups excluding carboxylic acids is 1. The Hall–Kier alpha value is -2.51. The number of aryl methyl sites for hydroxylation is 1. The van der Waals surface area contributed by atoms with E-state index in [0.29, 0.717) is 17.0 Å². The van der Waals surface area contributed by atoms with Crippen molar-refractivity contribution in [2.45, 2.75) is 6.92 Å². The van der Waals surface area contributed by atoms with Crippen LogP contribution in [0.3, 0.4) is 0 Å². The molecule has 0 unspecified atom stereocenters. The van der Waals surface area contributed by atoms with Crippen molar-refractivity contribution in [3.8, 4) is 11.8 Å². The maximum absolute atomic E-state index is 11.9. The summed E-state index contributed by atoms with van der Waals surface area (Å²) in [6.45, 7) is 1.57. The van der Waals surface area contributed by atoms with E-state index in [0.717, 1.165) is 5.56 Å². The molecule has 1 aromatic heterocycles. The second kappa shape index (κ2) is 5.89. The Morgan fingerprint density at radius 2 is 2.05 bits per heavy atom. The Kier molecular flexibility index (Phi) is 4.01. The molecule has 4 heteroatoms. The number of rotatable bonds is 2. The molecule has 0 spiro atoms. The van der Waals surface area contributed by atoms with E-state index < -0.39 is 0 Å². The van der Waals surface area contributed by atoms with Crippen molar-refractivity contribution in [2.75, 3.05) is 11.9 Å². The molecule has 1 heterocycles. The van der Waals surface area contributed by atoms with Crippen LogP contribution in [0, 0.1) is 18.8 Å². The topological polar surface area (TPSA) is 62.5 Å². The molecular formula is C15H13NO3. The van der Waals surface area contributed by atoms with Gasteiger partial charge in [-0.3, -0.25) is 4.79 Å². The quantitative estimate of drug-likeness (QED) is 0.808. The minimum Gasteiger partial charge on any atom is -0.469 e. The lowest BCUT2D eigenvalue weighted by molar-refractivity contribution is 0.102. The first kappa shape index (κ1) is 12.9. The number of benzene rings is 1. The summed E-state index contributed by atoms with van der Waals surface area (Å²) in [5, 5.41) is 11.4. The van der Waals surface area contributed by atoms with E-state index in [4.69, 9.17) is 9.52 Å². The fourth-order valence-corrected chi connectivity index (χ4v) is 1.60. The number of furan rings is 1. The summed E-state index contributed by atoms with van der Waals surface area (Å²) in [5.74, 6) is 5.72. The zero-order valence-corrected chi connectivity index (χ0v) is 10.4. The van der Waals surface area contributed by atoms with Crippen LogP contribution in [-0.2, 0) is 0 Å². The third-order valence-corrected chi connectivity index (χ3v) is 2.56. The number of nitrogens with one attached hydrogen (secondary N) is 1. The molecule has 0 radical (unpaired) electrons. The van der Waals surface area contributed by atoms with E-state index in [1.807, 2.05) is 0 Å². The lowest BCUT2D eigenvalue weighted by atomic mass is 10.2. The Morgan fingerprint density at radius 3 is 2.63 bits per heavy atom. The number of aliphatic hydroxyl groups is 1. The molecule has 0 aliphatic carbocycles. The highest BCUT2D eigenvalue weighted by Crippen LogP contribution is 2.13. The van der Waals surface area contributed by atoms with Crippen molar-refractivity contribution in [1.82, 2.24) is 0 Å². The monoisotopic (exact) mass is 255 g/mol. The van der Waals surface area contributed by atoms with E-state index in [-0.39, 0.29) is 12.5 Å². The van der Waals surface area contributed by atoms with Crippen molar-refractivity contribution in [1.29, 1.82) is 0 Å². The first-order valence-electron chi connectivity index (χ1n) is 5.76. The Labute approximate surface area is 111 Å². The fourth-order valence-electron chi connectivity index (χ4n) is 1.60. The number of amides is 1. The summed E-state index contributed by atoms with van der Waals surface area (Å²) in [5.41, 5.74) is 1.98. The Morgan fingerprint density at radius 1 is 1.32 bits per heavy atom. The molecular weight excluding hydrogens is 242 g/mol. The number of hydrogen-bond donors (Lipinski definition) is 2. The van der Waals surface area contributed by atoms with Gasteiger partial charge in [0, 0.05) is 11.3 Å². The van der Waals surface area contributed by atoms with Crippen LogP contribution in [0.5, 0.6) is 0 Å². The molecule has 2 N–H and O–H groups in total. The molecule has 0 aliphatic rings. The Balaban J connectivity index is 2.08. The largest absolute Gasteiger partial charge is 0.469 e. The molecule has 0 saturated carbocycles. The van der Waals surface area contributed by atoms with Crippen molar-refractivity contribution >= 4 is 11.6 Å². The van der Waals surface area contributed by atoms with E-state index in [2.05, 4.69) is 17.2 Å². The van der Waals surface area contributed by atoms with E-state index >= 15 is 0 Å². The molecule has 0 bridgehead atoms. The summed E-state index contributed by atoms with van der Waals surface area (Å²) in [7, 11) is 0. The number of anilines is 1. The summed E-state index contributed by atoms with van der Waals surface area (Å²) in [4.78, 5) is 11.9. The molecule has 1 aromatic carbocycles. The third-order valence-electron chi connectivity index (χ3n) is 2.56. The van der Waals surface area contributed by atoms with Crippen LogP contribution >= 0.6 is 0 Å². The summed E-state index contributed by atoms with van der Waals surface area (Å²) in [6.07, 6.45) is 1.48.